The van der Waals surface area contributed by atoms with Crippen molar-refractivity contribution in [3.05, 3.63) is 12.2 Å². The van der Waals surface area contributed by atoms with Crippen LogP contribution < -0.4 is 0 Å². The summed E-state index contributed by atoms with van der Waals surface area (Å²) in [4.78, 5) is 11.2. The Bertz CT molecular complexity index is 242. The van der Waals surface area contributed by atoms with Crippen LogP contribution in [-0.2, 0) is 9.47 Å². The average Bonchev–Trinajstić information content (AvgIpc) is 2.45. The van der Waals surface area contributed by atoms with Gasteiger partial charge in [0.25, 0.3) is 0 Å². The zero-order valence-corrected chi connectivity index (χ0v) is 14.3. The minimum atomic E-state index is -0.532. The fraction of sp³-hybridized carbons (Fsp3) is 0.812. The highest BCUT2D eigenvalue weighted by Crippen LogP contribution is 2.02. The Kier molecular flexibility index (Phi) is 16.1. The molecule has 0 aromatic rings. The van der Waals surface area contributed by atoms with Gasteiger partial charge >= 0.3 is 6.16 Å². The van der Waals surface area contributed by atoms with Gasteiger partial charge in [-0.3, -0.25) is 0 Å². The molecule has 0 aliphatic heterocycles. The molecule has 0 spiro atoms. The number of alkyl halides is 1. The highest BCUT2D eigenvalue weighted by Gasteiger charge is 2.02. The maximum absolute atomic E-state index is 11.2. The van der Waals surface area contributed by atoms with Crippen LogP contribution in [0.5, 0.6) is 0 Å². The molecule has 0 rings (SSSR count). The predicted octanol–water partition coefficient (Wildman–Crippen LogP) is 5.62. The van der Waals surface area contributed by atoms with E-state index in [1.54, 1.807) is 0 Å². The molecule has 0 unspecified atom stereocenters. The molecule has 0 bridgehead atoms. The number of ether oxygens (including phenoxy) is 2. The smallest absolute Gasteiger partial charge is 0.434 e. The van der Waals surface area contributed by atoms with Gasteiger partial charge in [0.05, 0.1) is 13.2 Å². The highest BCUT2D eigenvalue weighted by molar-refractivity contribution is 9.09. The Morgan fingerprint density at radius 2 is 1.55 bits per heavy atom. The number of hydrogen-bond acceptors (Lipinski definition) is 3. The van der Waals surface area contributed by atoms with Crippen LogP contribution >= 0.6 is 15.9 Å². The molecule has 20 heavy (non-hydrogen) atoms. The molecule has 0 amide bonds. The molecule has 0 N–H and O–H groups in total. The van der Waals surface area contributed by atoms with Crippen LogP contribution in [0.15, 0.2) is 12.2 Å². The Hall–Kier alpha value is -0.510. The van der Waals surface area contributed by atoms with Crippen molar-refractivity contribution in [2.45, 2.75) is 64.7 Å². The summed E-state index contributed by atoms with van der Waals surface area (Å²) >= 11 is 3.36. The van der Waals surface area contributed by atoms with Gasteiger partial charge in [0.1, 0.15) is 0 Å². The van der Waals surface area contributed by atoms with Crippen molar-refractivity contribution >= 4 is 22.1 Å². The molecule has 0 aliphatic rings. The summed E-state index contributed by atoms with van der Waals surface area (Å²) in [6, 6.07) is 0. The third-order valence-corrected chi connectivity index (χ3v) is 3.43. The zero-order valence-electron chi connectivity index (χ0n) is 12.7. The van der Waals surface area contributed by atoms with E-state index in [0.717, 1.165) is 43.9 Å². The molecule has 0 fully saturated rings. The van der Waals surface area contributed by atoms with Gasteiger partial charge in [-0.15, -0.1) is 0 Å². The van der Waals surface area contributed by atoms with Crippen LogP contribution in [-0.4, -0.2) is 24.7 Å². The lowest BCUT2D eigenvalue weighted by Crippen LogP contribution is -2.09. The summed E-state index contributed by atoms with van der Waals surface area (Å²) in [5.41, 5.74) is 0. The van der Waals surface area contributed by atoms with Crippen LogP contribution in [0.1, 0.15) is 64.7 Å². The molecule has 0 aliphatic carbocycles. The van der Waals surface area contributed by atoms with Gasteiger partial charge < -0.3 is 9.47 Å². The first-order valence-corrected chi connectivity index (χ1v) is 8.94. The summed E-state index contributed by atoms with van der Waals surface area (Å²) in [5.74, 6) is 0. The largest absolute Gasteiger partial charge is 0.508 e. The fourth-order valence-corrected chi connectivity index (χ4v) is 2.07. The lowest BCUT2D eigenvalue weighted by atomic mass is 10.2. The first kappa shape index (κ1) is 19.5. The molecule has 0 saturated heterocycles. The van der Waals surface area contributed by atoms with Crippen LogP contribution in [0.3, 0.4) is 0 Å². The molecule has 0 aromatic carbocycles. The third kappa shape index (κ3) is 15.5. The van der Waals surface area contributed by atoms with E-state index in [4.69, 9.17) is 9.47 Å². The standard InChI is InChI=1S/C16H29BrO3/c1-2-3-4-5-6-7-8-11-14-19-16(18)20-15-12-9-10-13-17/h6-7H,2-5,8-15H2,1H3/b7-6-. The van der Waals surface area contributed by atoms with Crippen LogP contribution in [0.25, 0.3) is 0 Å². The highest BCUT2D eigenvalue weighted by atomic mass is 79.9. The van der Waals surface area contributed by atoms with Crippen LogP contribution in [0.2, 0.25) is 0 Å². The van der Waals surface area contributed by atoms with E-state index in [1.807, 2.05) is 0 Å². The normalized spacial score (nSPS) is 10.9. The number of carbonyl (C=O) groups excluding carboxylic acids is 1. The Balaban J connectivity index is 3.22. The van der Waals surface area contributed by atoms with E-state index in [1.165, 1.54) is 19.3 Å². The molecule has 0 heterocycles. The van der Waals surface area contributed by atoms with E-state index in [-0.39, 0.29) is 0 Å². The van der Waals surface area contributed by atoms with Crippen LogP contribution in [0.4, 0.5) is 4.79 Å². The lowest BCUT2D eigenvalue weighted by molar-refractivity contribution is 0.0536. The second kappa shape index (κ2) is 16.5. The molecular formula is C16H29BrO3. The van der Waals surface area contributed by atoms with Crippen molar-refractivity contribution < 1.29 is 14.3 Å². The SMILES string of the molecule is CCCCC/C=C\CCCOC(=O)OCCCCCBr. The van der Waals surface area contributed by atoms with E-state index < -0.39 is 6.16 Å². The van der Waals surface area contributed by atoms with E-state index in [0.29, 0.717) is 13.2 Å². The second-order valence-electron chi connectivity index (χ2n) is 4.81. The quantitative estimate of drug-likeness (QED) is 0.187. The van der Waals surface area contributed by atoms with Gasteiger partial charge in [-0.25, -0.2) is 4.79 Å². The predicted molar refractivity (Wildman–Crippen MR) is 87.5 cm³/mol. The summed E-state index contributed by atoms with van der Waals surface area (Å²) in [7, 11) is 0. The number of rotatable bonds is 13. The average molecular weight is 349 g/mol. The van der Waals surface area contributed by atoms with Gasteiger partial charge in [-0.1, -0.05) is 47.8 Å². The summed E-state index contributed by atoms with van der Waals surface area (Å²) in [6.07, 6.45) is 13.8. The zero-order chi connectivity index (χ0) is 14.9. The Morgan fingerprint density at radius 3 is 2.20 bits per heavy atom. The van der Waals surface area contributed by atoms with Crippen molar-refractivity contribution in [2.75, 3.05) is 18.5 Å². The summed E-state index contributed by atoms with van der Waals surface area (Å²) in [6.45, 7) is 3.12. The van der Waals surface area contributed by atoms with Gasteiger partial charge in [-0.05, 0) is 44.9 Å². The Morgan fingerprint density at radius 1 is 0.900 bits per heavy atom. The van der Waals surface area contributed by atoms with Crippen LogP contribution in [0, 0.1) is 0 Å². The van der Waals surface area contributed by atoms with Gasteiger partial charge in [0.2, 0.25) is 0 Å². The third-order valence-electron chi connectivity index (χ3n) is 2.87. The molecule has 0 saturated carbocycles. The second-order valence-corrected chi connectivity index (χ2v) is 5.60. The monoisotopic (exact) mass is 348 g/mol. The minimum absolute atomic E-state index is 0.444. The van der Waals surface area contributed by atoms with Gasteiger partial charge in [0, 0.05) is 5.33 Å². The lowest BCUT2D eigenvalue weighted by Gasteiger charge is -2.05. The van der Waals surface area contributed by atoms with Crippen molar-refractivity contribution in [1.82, 2.24) is 0 Å². The molecule has 0 aromatic heterocycles. The van der Waals surface area contributed by atoms with Crippen molar-refractivity contribution in [3.63, 3.8) is 0 Å². The fourth-order valence-electron chi connectivity index (χ4n) is 1.68. The molecule has 0 atom stereocenters. The number of hydrogen-bond donors (Lipinski definition) is 0. The van der Waals surface area contributed by atoms with E-state index >= 15 is 0 Å². The summed E-state index contributed by atoms with van der Waals surface area (Å²) in [5, 5.41) is 1.00. The number of carbonyl (C=O) groups is 1. The number of allylic oxidation sites excluding steroid dienone is 2. The van der Waals surface area contributed by atoms with E-state index in [2.05, 4.69) is 35.0 Å². The topological polar surface area (TPSA) is 35.5 Å². The first-order chi connectivity index (χ1) is 9.81. The molecular weight excluding hydrogens is 320 g/mol. The first-order valence-electron chi connectivity index (χ1n) is 7.81. The maximum Gasteiger partial charge on any atom is 0.508 e. The van der Waals surface area contributed by atoms with E-state index in [9.17, 15) is 4.79 Å². The summed E-state index contributed by atoms with van der Waals surface area (Å²) < 4.78 is 9.96. The molecule has 0 radical (unpaired) electrons. The van der Waals surface area contributed by atoms with Gasteiger partial charge in [-0.2, -0.15) is 0 Å². The number of halogens is 1. The van der Waals surface area contributed by atoms with Crippen molar-refractivity contribution in [3.8, 4) is 0 Å². The number of unbranched alkanes of at least 4 members (excludes halogenated alkanes) is 6. The van der Waals surface area contributed by atoms with Crippen molar-refractivity contribution in [2.24, 2.45) is 0 Å². The minimum Gasteiger partial charge on any atom is -0.434 e. The Labute approximate surface area is 132 Å². The molecule has 118 valence electrons. The molecule has 4 heteroatoms. The maximum atomic E-state index is 11.2. The van der Waals surface area contributed by atoms with Crippen molar-refractivity contribution in [1.29, 1.82) is 0 Å². The van der Waals surface area contributed by atoms with Gasteiger partial charge in [0.15, 0.2) is 0 Å². The molecule has 3 nitrogen and oxygen atoms in total.